The number of aromatic nitrogens is 5. The first kappa shape index (κ1) is 55.2. The number of hydrogen-bond acceptors (Lipinski definition) is 10. The van der Waals surface area contributed by atoms with Crippen LogP contribution in [0.25, 0.3) is 38.5 Å². The molecule has 3 amide bonds. The van der Waals surface area contributed by atoms with Crippen LogP contribution in [0.1, 0.15) is 125 Å². The van der Waals surface area contributed by atoms with E-state index in [2.05, 4.69) is 66.6 Å². The second-order valence-corrected chi connectivity index (χ2v) is 23.9. The molecule has 6 aromatic carbocycles. The van der Waals surface area contributed by atoms with Gasteiger partial charge in [-0.15, -0.1) is 0 Å². The fourth-order valence-electron chi connectivity index (χ4n) is 14.4. The van der Waals surface area contributed by atoms with Crippen molar-refractivity contribution in [2.75, 3.05) is 37.7 Å². The van der Waals surface area contributed by atoms with E-state index >= 15 is 0 Å². The number of para-hydroxylation sites is 1. The number of H-pyrrole nitrogens is 1. The number of pyridine rings is 1. The van der Waals surface area contributed by atoms with Crippen LogP contribution in [0.4, 0.5) is 5.69 Å². The number of imidazole rings is 1. The number of ether oxygens (including phenoxy) is 2. The number of carbonyl (C=O) groups excluding carboxylic acids is 4. The topological polar surface area (TPSA) is 206 Å². The van der Waals surface area contributed by atoms with E-state index < -0.39 is 29.0 Å². The van der Waals surface area contributed by atoms with Gasteiger partial charge in [0.05, 0.1) is 35.0 Å². The first-order valence-corrected chi connectivity index (χ1v) is 30.3. The molecule has 0 radical (unpaired) electrons. The number of anilines is 1. The molecule has 18 heteroatoms. The van der Waals surface area contributed by atoms with Crippen molar-refractivity contribution in [2.45, 2.75) is 91.5 Å². The number of benzene rings is 6. The van der Waals surface area contributed by atoms with E-state index in [0.29, 0.717) is 38.8 Å². The molecule has 8 heterocycles. The minimum absolute atomic E-state index is 0.102. The van der Waals surface area contributed by atoms with Crippen molar-refractivity contribution >= 4 is 67.9 Å². The molecule has 4 N–H and O–H groups in total. The number of hydrogen-bond donors (Lipinski definition) is 4. The zero-order valence-electron chi connectivity index (χ0n) is 49.8. The number of aromatic amines is 1. The van der Waals surface area contributed by atoms with Crippen molar-refractivity contribution < 1.29 is 33.2 Å². The molecule has 0 aliphatic carbocycles. The SMILES string of the molecule is CCc1cc(C(=O)NCc2ccc3c(c2)c(C(=O)Oc2c(C)cc(C(=O)NCNC(=O)Cc4nc5c([nH]4)c(=O)n(C)c(=O)n5C)cc2C)c2ccccc2[n+]3C)ccc1C1=c2cc3c4c(c2Oc2c1cc1c5c2CCCN5CCC1)CCC[N+]=4CCC3. The third kappa shape index (κ3) is 9.34. The lowest BCUT2D eigenvalue weighted by molar-refractivity contribution is -0.617. The van der Waals surface area contributed by atoms with Crippen LogP contribution in [0.3, 0.4) is 0 Å². The Labute approximate surface area is 500 Å². The fourth-order valence-corrected chi connectivity index (χ4v) is 14.4. The van der Waals surface area contributed by atoms with Gasteiger partial charge in [-0.2, -0.15) is 4.57 Å². The summed E-state index contributed by atoms with van der Waals surface area (Å²) in [6.07, 6.45) is 9.07. The van der Waals surface area contributed by atoms with Crippen molar-refractivity contribution in [3.05, 3.63) is 194 Å². The summed E-state index contributed by atoms with van der Waals surface area (Å²) in [6, 6.07) is 27.9. The number of rotatable bonds is 12. The molecular weight excluding hydrogens is 1100 g/mol. The zero-order valence-corrected chi connectivity index (χ0v) is 49.8. The predicted octanol–water partition coefficient (Wildman–Crippen LogP) is 5.90. The van der Waals surface area contributed by atoms with Gasteiger partial charge in [0.15, 0.2) is 5.65 Å². The second kappa shape index (κ2) is 21.7. The maximum atomic E-state index is 14.8. The summed E-state index contributed by atoms with van der Waals surface area (Å²) in [4.78, 5) is 90.2. The Hall–Kier alpha value is -9.71. The van der Waals surface area contributed by atoms with Gasteiger partial charge in [0.25, 0.3) is 17.4 Å². The molecule has 5 aliphatic heterocycles. The van der Waals surface area contributed by atoms with Crippen LogP contribution in [0.15, 0.2) is 94.5 Å². The van der Waals surface area contributed by atoms with Crippen LogP contribution < -0.4 is 61.3 Å². The predicted molar refractivity (Wildman–Crippen MR) is 332 cm³/mol. The number of carbonyl (C=O) groups is 4. The highest BCUT2D eigenvalue weighted by atomic mass is 16.5. The molecule has 9 aromatic rings. The summed E-state index contributed by atoms with van der Waals surface area (Å²) >= 11 is 0. The van der Waals surface area contributed by atoms with Crippen molar-refractivity contribution in [3.8, 4) is 17.2 Å². The van der Waals surface area contributed by atoms with Gasteiger partial charge in [0.2, 0.25) is 22.3 Å². The standard InChI is InChI=1S/C69H66N10O8/c1-7-40-31-43(21-22-45(40)56-50-32-41-14-10-24-78-26-12-17-47(59(41)78)62(50)86-63-48-18-13-27-79-25-11-15-42(60(48)79)33-51(56)63)65(81)70-35-39-20-23-53-49(30-39)57(46-16-8-9-19-52(46)75(53)4)68(84)87-61-37(2)28-44(29-38(61)3)66(82)72-36-71-55(80)34-54-73-58-64(74-54)76(5)69(85)77(6)67(58)83/h8-9,16,19-23,28-33H,7,10-15,17-18,24-27,34-36H2,1-6H3,(H2-2,70,71,72,73,74,80,81,82,83)/p+2. The van der Waals surface area contributed by atoms with Crippen LogP contribution >= 0.6 is 0 Å². The highest BCUT2D eigenvalue weighted by Crippen LogP contribution is 2.49. The number of nitrogens with one attached hydrogen (secondary N) is 4. The monoisotopic (exact) mass is 1160 g/mol. The maximum Gasteiger partial charge on any atom is 0.345 e. The fraction of sp³-hybridized carbons (Fsp3) is 0.319. The molecular formula is C69H68N10O8+2. The quantitative estimate of drug-likeness (QED) is 0.0375. The lowest BCUT2D eigenvalue weighted by Crippen LogP contribution is -2.45. The third-order valence-corrected chi connectivity index (χ3v) is 18.5. The molecule has 3 aromatic heterocycles. The minimum atomic E-state index is -0.585. The number of nitrogens with zero attached hydrogens (tertiary/aromatic N) is 6. The Morgan fingerprint density at radius 2 is 1.47 bits per heavy atom. The van der Waals surface area contributed by atoms with Crippen LogP contribution in [-0.2, 0) is 71.0 Å². The first-order valence-electron chi connectivity index (χ1n) is 30.3. The van der Waals surface area contributed by atoms with Gasteiger partial charge in [-0.05, 0) is 141 Å². The lowest BCUT2D eigenvalue weighted by Gasteiger charge is -2.39. The maximum absolute atomic E-state index is 14.8. The van der Waals surface area contributed by atoms with Crippen LogP contribution in [0.2, 0.25) is 0 Å². The second-order valence-electron chi connectivity index (χ2n) is 23.9. The van der Waals surface area contributed by atoms with Gasteiger partial charge in [0, 0.05) is 103 Å². The van der Waals surface area contributed by atoms with E-state index in [1.54, 1.807) is 26.0 Å². The summed E-state index contributed by atoms with van der Waals surface area (Å²) in [5.41, 5.74) is 15.4. The van der Waals surface area contributed by atoms with Gasteiger partial charge in [-0.25, -0.2) is 19.1 Å². The molecule has 0 spiro atoms. The number of aryl methyl sites for hydroxylation is 7. The largest absolute Gasteiger partial charge is 0.455 e. The molecule has 18 nitrogen and oxygen atoms in total. The molecule has 0 saturated carbocycles. The van der Waals surface area contributed by atoms with E-state index in [0.717, 1.165) is 128 Å². The van der Waals surface area contributed by atoms with E-state index in [-0.39, 0.29) is 48.1 Å². The molecule has 87 heavy (non-hydrogen) atoms. The smallest absolute Gasteiger partial charge is 0.345 e. The highest BCUT2D eigenvalue weighted by molar-refractivity contribution is 6.13. The third-order valence-electron chi connectivity index (χ3n) is 18.5. The van der Waals surface area contributed by atoms with Gasteiger partial charge in [-0.3, -0.25) is 28.3 Å². The molecule has 0 atom stereocenters. The first-order chi connectivity index (χ1) is 42.1. The molecule has 0 saturated heterocycles. The van der Waals surface area contributed by atoms with Gasteiger partial charge in [-0.1, -0.05) is 31.2 Å². The average molecular weight is 1170 g/mol. The van der Waals surface area contributed by atoms with E-state index in [4.69, 9.17) is 9.47 Å². The van der Waals surface area contributed by atoms with E-state index in [1.807, 2.05) is 60.1 Å². The lowest BCUT2D eigenvalue weighted by atomic mass is 9.81. The van der Waals surface area contributed by atoms with Crippen LogP contribution in [0.5, 0.6) is 17.2 Å². The minimum Gasteiger partial charge on any atom is -0.455 e. The Balaban J connectivity index is 0.716. The Morgan fingerprint density at radius 1 is 0.736 bits per heavy atom. The van der Waals surface area contributed by atoms with Crippen molar-refractivity contribution in [1.82, 2.24) is 39.6 Å². The number of esters is 1. The Bertz CT molecular complexity index is 4770. The molecule has 0 unspecified atom stereocenters. The molecule has 0 bridgehead atoms. The Morgan fingerprint density at radius 3 is 2.28 bits per heavy atom. The summed E-state index contributed by atoms with van der Waals surface area (Å²) in [7, 11) is 4.81. The summed E-state index contributed by atoms with van der Waals surface area (Å²) in [5, 5.41) is 12.4. The summed E-state index contributed by atoms with van der Waals surface area (Å²) in [6.45, 7) is 10.0. The van der Waals surface area contributed by atoms with Gasteiger partial charge in [0.1, 0.15) is 48.7 Å². The van der Waals surface area contributed by atoms with Crippen LogP contribution in [0, 0.1) is 13.8 Å². The molecule has 14 rings (SSSR count). The van der Waals surface area contributed by atoms with Gasteiger partial charge < -0.3 is 35.3 Å². The van der Waals surface area contributed by atoms with Crippen molar-refractivity contribution in [1.29, 1.82) is 0 Å². The molecule has 440 valence electrons. The zero-order chi connectivity index (χ0) is 60.1. The number of fused-ring (bicyclic) bond motifs is 7. The van der Waals surface area contributed by atoms with Crippen LogP contribution in [-0.4, -0.2) is 75.6 Å². The molecule has 5 aliphatic rings. The Kier molecular flexibility index (Phi) is 13.7. The van der Waals surface area contributed by atoms with E-state index in [1.165, 1.54) is 68.3 Å². The number of amides is 3. The van der Waals surface area contributed by atoms with Crippen molar-refractivity contribution in [3.63, 3.8) is 0 Å². The van der Waals surface area contributed by atoms with Gasteiger partial charge >= 0.3 is 11.7 Å². The summed E-state index contributed by atoms with van der Waals surface area (Å²) < 4.78 is 20.5. The van der Waals surface area contributed by atoms with Crippen molar-refractivity contribution in [2.24, 2.45) is 21.1 Å². The average Bonchev–Trinajstić information content (AvgIpc) is 1.38. The molecule has 0 fully saturated rings. The van der Waals surface area contributed by atoms with E-state index in [9.17, 15) is 28.8 Å². The normalized spacial score (nSPS) is 14.7. The summed E-state index contributed by atoms with van der Waals surface area (Å²) in [5.74, 6) is 0.774. The highest BCUT2D eigenvalue weighted by Gasteiger charge is 2.37.